The van der Waals surface area contributed by atoms with E-state index in [9.17, 15) is 31.4 Å². The van der Waals surface area contributed by atoms with Crippen molar-refractivity contribution in [2.45, 2.75) is 51.4 Å². The molecular formula is C22H25F6NO3. The second-order valence-corrected chi connectivity index (χ2v) is 7.16. The van der Waals surface area contributed by atoms with E-state index in [0.717, 1.165) is 31.4 Å². The SMILES string of the molecule is CCCCCOc1ccccc1N(Cc1cccc(OC(F)(F)F)c1)C[C@@H](O)C(F)(F)F. The van der Waals surface area contributed by atoms with E-state index in [1.54, 1.807) is 18.2 Å². The summed E-state index contributed by atoms with van der Waals surface area (Å²) < 4.78 is 86.3. The van der Waals surface area contributed by atoms with Crippen molar-refractivity contribution in [3.63, 3.8) is 0 Å². The van der Waals surface area contributed by atoms with Gasteiger partial charge in [-0.2, -0.15) is 13.2 Å². The first-order valence-electron chi connectivity index (χ1n) is 10.1. The Morgan fingerprint density at radius 3 is 2.34 bits per heavy atom. The molecule has 1 atom stereocenters. The molecule has 0 aliphatic rings. The van der Waals surface area contributed by atoms with Crippen LogP contribution in [0.1, 0.15) is 31.7 Å². The molecule has 0 bridgehead atoms. The zero-order valence-electron chi connectivity index (χ0n) is 17.4. The minimum atomic E-state index is -4.90. The van der Waals surface area contributed by atoms with E-state index in [1.165, 1.54) is 23.1 Å². The van der Waals surface area contributed by atoms with Crippen LogP contribution in [0, 0.1) is 0 Å². The number of aliphatic hydroxyl groups excluding tert-OH is 1. The van der Waals surface area contributed by atoms with E-state index in [0.29, 0.717) is 12.4 Å². The highest BCUT2D eigenvalue weighted by atomic mass is 19.4. The van der Waals surface area contributed by atoms with Crippen molar-refractivity contribution in [2.75, 3.05) is 18.1 Å². The summed E-state index contributed by atoms with van der Waals surface area (Å²) in [6, 6.07) is 11.3. The van der Waals surface area contributed by atoms with Crippen molar-refractivity contribution in [1.82, 2.24) is 0 Å². The molecule has 10 heteroatoms. The van der Waals surface area contributed by atoms with E-state index in [2.05, 4.69) is 4.74 Å². The number of para-hydroxylation sites is 2. The molecule has 0 saturated carbocycles. The molecule has 2 aromatic rings. The van der Waals surface area contributed by atoms with Crippen molar-refractivity contribution >= 4 is 5.69 Å². The van der Waals surface area contributed by atoms with Crippen LogP contribution in [0.5, 0.6) is 11.5 Å². The monoisotopic (exact) mass is 465 g/mol. The van der Waals surface area contributed by atoms with Crippen molar-refractivity contribution in [2.24, 2.45) is 0 Å². The molecule has 178 valence electrons. The fourth-order valence-electron chi connectivity index (χ4n) is 3.00. The lowest BCUT2D eigenvalue weighted by molar-refractivity contribution is -0.274. The van der Waals surface area contributed by atoms with Crippen LogP contribution in [0.3, 0.4) is 0 Å². The molecule has 32 heavy (non-hydrogen) atoms. The standard InChI is InChI=1S/C22H25F6NO3/c1-2-3-6-12-31-19-11-5-4-10-18(19)29(15-20(30)21(23,24)25)14-16-8-7-9-17(13-16)32-22(26,27)28/h4-5,7-11,13,20,30H,2-3,6,12,14-15H2,1H3/t20-/m1/s1. The van der Waals surface area contributed by atoms with Gasteiger partial charge in [-0.15, -0.1) is 13.2 Å². The maximum atomic E-state index is 13.0. The Balaban J connectivity index is 2.31. The number of hydrogen-bond donors (Lipinski definition) is 1. The summed E-state index contributed by atoms with van der Waals surface area (Å²) in [6.45, 7) is 1.33. The van der Waals surface area contributed by atoms with Gasteiger partial charge in [0.1, 0.15) is 11.5 Å². The highest BCUT2D eigenvalue weighted by Gasteiger charge is 2.39. The first kappa shape index (κ1) is 25.6. The molecule has 0 spiro atoms. The largest absolute Gasteiger partial charge is 0.573 e. The lowest BCUT2D eigenvalue weighted by Gasteiger charge is -2.30. The fourth-order valence-corrected chi connectivity index (χ4v) is 3.00. The van der Waals surface area contributed by atoms with Gasteiger partial charge in [0, 0.05) is 6.54 Å². The summed E-state index contributed by atoms with van der Waals surface area (Å²) in [4.78, 5) is 1.22. The van der Waals surface area contributed by atoms with E-state index in [1.807, 2.05) is 6.92 Å². The third-order valence-corrected chi connectivity index (χ3v) is 4.49. The average Bonchev–Trinajstić information content (AvgIpc) is 2.69. The summed E-state index contributed by atoms with van der Waals surface area (Å²) in [6.07, 6.45) is -9.78. The molecule has 0 saturated heterocycles. The Bertz CT molecular complexity index is 841. The van der Waals surface area contributed by atoms with Gasteiger partial charge in [0.15, 0.2) is 6.10 Å². The molecule has 4 nitrogen and oxygen atoms in total. The molecule has 0 amide bonds. The number of hydrogen-bond acceptors (Lipinski definition) is 4. The molecule has 0 aromatic heterocycles. The summed E-state index contributed by atoms with van der Waals surface area (Å²) in [5.74, 6) is -0.170. The minimum absolute atomic E-state index is 0.211. The lowest BCUT2D eigenvalue weighted by Crippen LogP contribution is -2.41. The van der Waals surface area contributed by atoms with Gasteiger partial charge in [-0.1, -0.05) is 44.0 Å². The molecule has 0 heterocycles. The third-order valence-electron chi connectivity index (χ3n) is 4.49. The Morgan fingerprint density at radius 2 is 1.69 bits per heavy atom. The van der Waals surface area contributed by atoms with Crippen molar-refractivity contribution in [1.29, 1.82) is 0 Å². The Morgan fingerprint density at radius 1 is 0.969 bits per heavy atom. The predicted molar refractivity (Wildman–Crippen MR) is 108 cm³/mol. The van der Waals surface area contributed by atoms with Gasteiger partial charge in [0.05, 0.1) is 18.8 Å². The van der Waals surface area contributed by atoms with E-state index >= 15 is 0 Å². The van der Waals surface area contributed by atoms with Crippen molar-refractivity contribution in [3.8, 4) is 11.5 Å². The van der Waals surface area contributed by atoms with Gasteiger partial charge < -0.3 is 19.5 Å². The Hall–Kier alpha value is -2.62. The van der Waals surface area contributed by atoms with Gasteiger partial charge in [-0.3, -0.25) is 0 Å². The van der Waals surface area contributed by atoms with Crippen LogP contribution in [-0.4, -0.2) is 36.9 Å². The molecule has 0 aliphatic heterocycles. The number of halogens is 6. The van der Waals surface area contributed by atoms with E-state index in [-0.39, 0.29) is 17.8 Å². The Kier molecular flexibility index (Phi) is 9.06. The van der Waals surface area contributed by atoms with E-state index in [4.69, 9.17) is 4.74 Å². The molecule has 0 radical (unpaired) electrons. The summed E-state index contributed by atoms with van der Waals surface area (Å²) in [5.41, 5.74) is 0.552. The molecule has 0 unspecified atom stereocenters. The molecule has 2 aromatic carbocycles. The molecule has 2 rings (SSSR count). The second kappa shape index (κ2) is 11.3. The van der Waals surface area contributed by atoms with Crippen LogP contribution in [0.2, 0.25) is 0 Å². The Labute approximate surface area is 182 Å². The van der Waals surface area contributed by atoms with Crippen molar-refractivity contribution in [3.05, 3.63) is 54.1 Å². The summed E-state index contributed by atoms with van der Waals surface area (Å²) in [5, 5.41) is 9.66. The van der Waals surface area contributed by atoms with Gasteiger partial charge in [0.2, 0.25) is 0 Å². The number of alkyl halides is 6. The van der Waals surface area contributed by atoms with Crippen LogP contribution >= 0.6 is 0 Å². The second-order valence-electron chi connectivity index (χ2n) is 7.16. The highest BCUT2D eigenvalue weighted by molar-refractivity contribution is 5.59. The maximum absolute atomic E-state index is 13.0. The minimum Gasteiger partial charge on any atom is -0.491 e. The fraction of sp³-hybridized carbons (Fsp3) is 0.455. The molecule has 1 N–H and O–H groups in total. The first-order valence-corrected chi connectivity index (χ1v) is 10.1. The van der Waals surface area contributed by atoms with Gasteiger partial charge >= 0.3 is 12.5 Å². The quantitative estimate of drug-likeness (QED) is 0.323. The molecule has 0 aliphatic carbocycles. The average molecular weight is 465 g/mol. The van der Waals surface area contributed by atoms with Crippen LogP contribution < -0.4 is 14.4 Å². The van der Waals surface area contributed by atoms with Gasteiger partial charge in [0.25, 0.3) is 0 Å². The number of rotatable bonds is 11. The topological polar surface area (TPSA) is 41.9 Å². The number of anilines is 1. The number of unbranched alkanes of at least 4 members (excludes halogenated alkanes) is 2. The van der Waals surface area contributed by atoms with Crippen LogP contribution in [-0.2, 0) is 6.54 Å². The smallest absolute Gasteiger partial charge is 0.491 e. The number of ether oxygens (including phenoxy) is 2. The predicted octanol–water partition coefficient (Wildman–Crippen LogP) is 6.08. The number of aliphatic hydroxyl groups is 1. The van der Waals surface area contributed by atoms with Gasteiger partial charge in [-0.25, -0.2) is 0 Å². The van der Waals surface area contributed by atoms with E-state index < -0.39 is 30.9 Å². The third kappa shape index (κ3) is 8.49. The van der Waals surface area contributed by atoms with Crippen LogP contribution in [0.25, 0.3) is 0 Å². The summed E-state index contributed by atoms with van der Waals surface area (Å²) >= 11 is 0. The normalized spacial score (nSPS) is 13.0. The highest BCUT2D eigenvalue weighted by Crippen LogP contribution is 2.32. The molecule has 0 fully saturated rings. The zero-order chi connectivity index (χ0) is 23.8. The lowest BCUT2D eigenvalue weighted by atomic mass is 10.1. The zero-order valence-corrected chi connectivity index (χ0v) is 17.4. The number of nitrogens with zero attached hydrogens (tertiary/aromatic N) is 1. The van der Waals surface area contributed by atoms with Gasteiger partial charge in [-0.05, 0) is 36.2 Å². The maximum Gasteiger partial charge on any atom is 0.573 e. The summed E-state index contributed by atoms with van der Waals surface area (Å²) in [7, 11) is 0. The van der Waals surface area contributed by atoms with Crippen LogP contribution in [0.4, 0.5) is 32.0 Å². The van der Waals surface area contributed by atoms with Crippen molar-refractivity contribution < 1.29 is 40.9 Å². The molecular weight excluding hydrogens is 440 g/mol. The van der Waals surface area contributed by atoms with Crippen LogP contribution in [0.15, 0.2) is 48.5 Å². The number of benzene rings is 2. The first-order chi connectivity index (χ1) is 15.0.